The molecular formula is C24H19ClN2O2S. The number of hydrogen-bond donors (Lipinski definition) is 2. The lowest BCUT2D eigenvalue weighted by Gasteiger charge is -2.11. The van der Waals surface area contributed by atoms with E-state index in [-0.39, 0.29) is 11.8 Å². The second-order valence-corrected chi connectivity index (χ2v) is 8.34. The molecule has 4 nitrogen and oxygen atoms in total. The summed E-state index contributed by atoms with van der Waals surface area (Å²) in [7, 11) is 0. The molecule has 0 radical (unpaired) electrons. The standard InChI is InChI=1S/C24H19ClN2O2S/c1-15-10-12-16(13-11-15)14-26-23(28)17-6-2-4-8-19(17)27-24(29)22-21(25)18-7-3-5-9-20(18)30-22/h2-13H,14H2,1H3,(H,26,28)(H,27,29). The van der Waals surface area contributed by atoms with Crippen LogP contribution in [-0.4, -0.2) is 11.8 Å². The molecule has 2 N–H and O–H groups in total. The van der Waals surface area contributed by atoms with Gasteiger partial charge >= 0.3 is 0 Å². The lowest BCUT2D eigenvalue weighted by Crippen LogP contribution is -2.24. The number of fused-ring (bicyclic) bond motifs is 1. The van der Waals surface area contributed by atoms with Gasteiger partial charge in [0.25, 0.3) is 11.8 Å². The van der Waals surface area contributed by atoms with Gasteiger partial charge in [0.05, 0.1) is 16.3 Å². The van der Waals surface area contributed by atoms with Gasteiger partial charge in [0.15, 0.2) is 0 Å². The maximum absolute atomic E-state index is 12.9. The Morgan fingerprint density at radius 3 is 2.37 bits per heavy atom. The van der Waals surface area contributed by atoms with Crippen LogP contribution in [0.1, 0.15) is 31.2 Å². The summed E-state index contributed by atoms with van der Waals surface area (Å²) in [6, 6.07) is 22.5. The molecule has 30 heavy (non-hydrogen) atoms. The van der Waals surface area contributed by atoms with E-state index in [1.807, 2.05) is 55.5 Å². The molecule has 0 saturated carbocycles. The van der Waals surface area contributed by atoms with Crippen LogP contribution in [0.3, 0.4) is 0 Å². The van der Waals surface area contributed by atoms with Crippen molar-refractivity contribution in [2.24, 2.45) is 0 Å². The molecule has 0 aliphatic carbocycles. The maximum atomic E-state index is 12.9. The van der Waals surface area contributed by atoms with E-state index in [9.17, 15) is 9.59 Å². The Bertz CT molecular complexity index is 1230. The topological polar surface area (TPSA) is 58.2 Å². The third kappa shape index (κ3) is 4.22. The Balaban J connectivity index is 1.52. The molecule has 6 heteroatoms. The summed E-state index contributed by atoms with van der Waals surface area (Å²) in [4.78, 5) is 26.0. The van der Waals surface area contributed by atoms with Gasteiger partial charge in [-0.2, -0.15) is 0 Å². The Kier molecular flexibility index (Phi) is 5.84. The fraction of sp³-hybridized carbons (Fsp3) is 0.0833. The van der Waals surface area contributed by atoms with Crippen LogP contribution in [0.25, 0.3) is 10.1 Å². The summed E-state index contributed by atoms with van der Waals surface area (Å²) < 4.78 is 0.941. The minimum atomic E-state index is -0.333. The van der Waals surface area contributed by atoms with Crippen molar-refractivity contribution in [1.82, 2.24) is 5.32 Å². The molecule has 1 aromatic heterocycles. The number of carbonyl (C=O) groups is 2. The highest BCUT2D eigenvalue weighted by Gasteiger charge is 2.19. The quantitative estimate of drug-likeness (QED) is 0.402. The van der Waals surface area contributed by atoms with E-state index in [0.29, 0.717) is 27.7 Å². The minimum absolute atomic E-state index is 0.256. The summed E-state index contributed by atoms with van der Waals surface area (Å²) in [5, 5.41) is 7.02. The van der Waals surface area contributed by atoms with Crippen LogP contribution in [0, 0.1) is 6.92 Å². The molecular weight excluding hydrogens is 416 g/mol. The average molecular weight is 435 g/mol. The molecule has 0 fully saturated rings. The number of halogens is 1. The zero-order valence-electron chi connectivity index (χ0n) is 16.2. The molecule has 0 atom stereocenters. The SMILES string of the molecule is Cc1ccc(CNC(=O)c2ccccc2NC(=O)c2sc3ccccc3c2Cl)cc1. The van der Waals surface area contributed by atoms with E-state index in [1.54, 1.807) is 24.3 Å². The van der Waals surface area contributed by atoms with Crippen LogP contribution < -0.4 is 10.6 Å². The van der Waals surface area contributed by atoms with Gasteiger partial charge in [0, 0.05) is 16.6 Å². The number of aryl methyl sites for hydroxylation is 1. The molecule has 1 heterocycles. The van der Waals surface area contributed by atoms with Gasteiger partial charge in [-0.15, -0.1) is 11.3 Å². The van der Waals surface area contributed by atoms with Crippen LogP contribution in [0.15, 0.2) is 72.8 Å². The van der Waals surface area contributed by atoms with Gasteiger partial charge < -0.3 is 10.6 Å². The largest absolute Gasteiger partial charge is 0.348 e. The molecule has 0 spiro atoms. The van der Waals surface area contributed by atoms with E-state index >= 15 is 0 Å². The summed E-state index contributed by atoms with van der Waals surface area (Å²) in [6.07, 6.45) is 0. The summed E-state index contributed by atoms with van der Waals surface area (Å²) in [6.45, 7) is 2.42. The van der Waals surface area contributed by atoms with Crippen molar-refractivity contribution in [2.45, 2.75) is 13.5 Å². The number of hydrogen-bond acceptors (Lipinski definition) is 3. The number of amides is 2. The molecule has 0 unspecified atom stereocenters. The van der Waals surface area contributed by atoms with Crippen molar-refractivity contribution < 1.29 is 9.59 Å². The first-order chi connectivity index (χ1) is 14.5. The average Bonchev–Trinajstić information content (AvgIpc) is 3.10. The second-order valence-electron chi connectivity index (χ2n) is 6.91. The van der Waals surface area contributed by atoms with Crippen molar-refractivity contribution in [1.29, 1.82) is 0 Å². The van der Waals surface area contributed by atoms with Gasteiger partial charge in [-0.3, -0.25) is 9.59 Å². The fourth-order valence-electron chi connectivity index (χ4n) is 3.11. The van der Waals surface area contributed by atoms with E-state index in [2.05, 4.69) is 10.6 Å². The zero-order valence-corrected chi connectivity index (χ0v) is 17.8. The molecule has 3 aromatic carbocycles. The lowest BCUT2D eigenvalue weighted by molar-refractivity contribution is 0.0952. The number of benzene rings is 3. The van der Waals surface area contributed by atoms with Crippen LogP contribution >= 0.6 is 22.9 Å². The third-order valence-electron chi connectivity index (χ3n) is 4.73. The van der Waals surface area contributed by atoms with Crippen LogP contribution in [0.4, 0.5) is 5.69 Å². The van der Waals surface area contributed by atoms with E-state index in [4.69, 9.17) is 11.6 Å². The number of thiophene rings is 1. The Labute approximate surface area is 183 Å². The first kappa shape index (κ1) is 20.1. The second kappa shape index (κ2) is 8.69. The van der Waals surface area contributed by atoms with E-state index < -0.39 is 0 Å². The summed E-state index contributed by atoms with van der Waals surface area (Å²) in [5.41, 5.74) is 3.01. The minimum Gasteiger partial charge on any atom is -0.348 e. The highest BCUT2D eigenvalue weighted by Crippen LogP contribution is 2.35. The predicted molar refractivity (Wildman–Crippen MR) is 124 cm³/mol. The van der Waals surface area contributed by atoms with E-state index in [1.165, 1.54) is 11.3 Å². The van der Waals surface area contributed by atoms with Crippen molar-refractivity contribution in [3.63, 3.8) is 0 Å². The number of anilines is 1. The van der Waals surface area contributed by atoms with Gasteiger partial charge in [-0.25, -0.2) is 0 Å². The molecule has 4 rings (SSSR count). The normalized spacial score (nSPS) is 10.7. The number of nitrogens with one attached hydrogen (secondary N) is 2. The fourth-order valence-corrected chi connectivity index (χ4v) is 4.53. The predicted octanol–water partition coefficient (Wildman–Crippen LogP) is 6.05. The molecule has 2 amide bonds. The van der Waals surface area contributed by atoms with Crippen LogP contribution in [-0.2, 0) is 6.54 Å². The third-order valence-corrected chi connectivity index (χ3v) is 6.41. The smallest absolute Gasteiger partial charge is 0.267 e. The first-order valence-corrected chi connectivity index (χ1v) is 10.6. The Morgan fingerprint density at radius 2 is 1.60 bits per heavy atom. The molecule has 0 aliphatic heterocycles. The Morgan fingerprint density at radius 1 is 0.900 bits per heavy atom. The Hall–Kier alpha value is -3.15. The van der Waals surface area contributed by atoms with Gasteiger partial charge in [0.1, 0.15) is 4.88 Å². The molecule has 0 bridgehead atoms. The molecule has 0 saturated heterocycles. The van der Waals surface area contributed by atoms with Crippen LogP contribution in [0.5, 0.6) is 0 Å². The van der Waals surface area contributed by atoms with Crippen LogP contribution in [0.2, 0.25) is 5.02 Å². The summed E-state index contributed by atoms with van der Waals surface area (Å²) >= 11 is 7.75. The van der Waals surface area contributed by atoms with E-state index in [0.717, 1.165) is 21.2 Å². The maximum Gasteiger partial charge on any atom is 0.267 e. The van der Waals surface area contributed by atoms with Crippen molar-refractivity contribution in [2.75, 3.05) is 5.32 Å². The van der Waals surface area contributed by atoms with Crippen molar-refractivity contribution in [3.8, 4) is 0 Å². The van der Waals surface area contributed by atoms with Gasteiger partial charge in [0.2, 0.25) is 0 Å². The molecule has 4 aromatic rings. The monoisotopic (exact) mass is 434 g/mol. The first-order valence-electron chi connectivity index (χ1n) is 9.44. The highest BCUT2D eigenvalue weighted by atomic mass is 35.5. The zero-order chi connectivity index (χ0) is 21.1. The molecule has 150 valence electrons. The molecule has 0 aliphatic rings. The lowest BCUT2D eigenvalue weighted by atomic mass is 10.1. The van der Waals surface area contributed by atoms with Crippen molar-refractivity contribution in [3.05, 3.63) is 99.4 Å². The highest BCUT2D eigenvalue weighted by molar-refractivity contribution is 7.21. The van der Waals surface area contributed by atoms with Gasteiger partial charge in [-0.1, -0.05) is 71.8 Å². The summed E-state index contributed by atoms with van der Waals surface area (Å²) in [5.74, 6) is -0.589. The van der Waals surface area contributed by atoms with Crippen molar-refractivity contribution >= 4 is 50.5 Å². The number of carbonyl (C=O) groups excluding carboxylic acids is 2. The number of para-hydroxylation sites is 1. The number of rotatable bonds is 5. The van der Waals surface area contributed by atoms with Gasteiger partial charge in [-0.05, 0) is 30.7 Å².